The Labute approximate surface area is 215 Å². The Balaban J connectivity index is 2.45. The molecule has 2 rings (SSSR count). The smallest absolute Gasteiger partial charge is 0.244 e. The number of aryl methyl sites for hydroxylation is 2. The second kappa shape index (κ2) is 12.8. The van der Waals surface area contributed by atoms with E-state index in [1.807, 2.05) is 58.9 Å². The van der Waals surface area contributed by atoms with E-state index < -0.39 is 28.5 Å². The van der Waals surface area contributed by atoms with Crippen LogP contribution in [0.2, 0.25) is 0 Å². The van der Waals surface area contributed by atoms with Gasteiger partial charge >= 0.3 is 0 Å². The van der Waals surface area contributed by atoms with E-state index in [1.54, 1.807) is 25.3 Å². The predicted molar refractivity (Wildman–Crippen MR) is 144 cm³/mol. The molecule has 0 unspecified atom stereocenters. The molecule has 1 atom stereocenters. The summed E-state index contributed by atoms with van der Waals surface area (Å²) in [6, 6.07) is 11.9. The van der Waals surface area contributed by atoms with Crippen molar-refractivity contribution in [2.24, 2.45) is 5.92 Å². The quantitative estimate of drug-likeness (QED) is 0.464. The Hall–Kier alpha value is -3.07. The second-order valence-electron chi connectivity index (χ2n) is 9.49. The summed E-state index contributed by atoms with van der Waals surface area (Å²) in [6.45, 7) is 9.79. The van der Waals surface area contributed by atoms with Crippen molar-refractivity contribution in [3.8, 4) is 5.75 Å². The molecule has 0 spiro atoms. The van der Waals surface area contributed by atoms with Gasteiger partial charge in [-0.05, 0) is 55.5 Å². The van der Waals surface area contributed by atoms with Crippen molar-refractivity contribution < 1.29 is 22.7 Å². The SMILES string of the molecule is CC[C@@H](C(=O)NCC(C)C)N(Cc1ccc(OC)cc1)C(=O)CN(c1ccc(C)cc1C)S(C)(=O)=O. The zero-order valence-electron chi connectivity index (χ0n) is 22.4. The standard InChI is InChI=1S/C27H39N3O5S/c1-8-24(27(32)28-16-19(2)3)29(17-22-10-12-23(35-6)13-11-22)26(31)18-30(36(7,33)34)25-14-9-20(4)15-21(25)5/h9-15,19,24H,8,16-18H2,1-7H3,(H,28,32)/t24-/m0/s1. The highest BCUT2D eigenvalue weighted by molar-refractivity contribution is 7.92. The van der Waals surface area contributed by atoms with Crippen molar-refractivity contribution in [1.82, 2.24) is 10.2 Å². The van der Waals surface area contributed by atoms with Crippen molar-refractivity contribution >= 4 is 27.5 Å². The lowest BCUT2D eigenvalue weighted by Gasteiger charge is -2.33. The molecule has 0 saturated heterocycles. The van der Waals surface area contributed by atoms with Crippen LogP contribution in [0, 0.1) is 19.8 Å². The van der Waals surface area contributed by atoms with Gasteiger partial charge in [0.1, 0.15) is 18.3 Å². The molecule has 0 radical (unpaired) electrons. The summed E-state index contributed by atoms with van der Waals surface area (Å²) in [7, 11) is -2.20. The van der Waals surface area contributed by atoms with Gasteiger partial charge in [-0.1, -0.05) is 50.6 Å². The molecule has 9 heteroatoms. The van der Waals surface area contributed by atoms with Crippen molar-refractivity contribution in [3.05, 3.63) is 59.2 Å². The maximum absolute atomic E-state index is 13.7. The second-order valence-corrected chi connectivity index (χ2v) is 11.4. The van der Waals surface area contributed by atoms with Crippen LogP contribution in [0.15, 0.2) is 42.5 Å². The van der Waals surface area contributed by atoms with Gasteiger partial charge in [-0.2, -0.15) is 0 Å². The maximum Gasteiger partial charge on any atom is 0.244 e. The molecule has 198 valence electrons. The van der Waals surface area contributed by atoms with Crippen molar-refractivity contribution in [2.45, 2.75) is 53.6 Å². The van der Waals surface area contributed by atoms with Crippen molar-refractivity contribution in [3.63, 3.8) is 0 Å². The third-order valence-corrected chi connectivity index (χ3v) is 7.01. The monoisotopic (exact) mass is 517 g/mol. The van der Waals surface area contributed by atoms with Gasteiger partial charge < -0.3 is 15.0 Å². The van der Waals surface area contributed by atoms with Gasteiger partial charge in [0.05, 0.1) is 19.1 Å². The Morgan fingerprint density at radius 2 is 1.69 bits per heavy atom. The molecule has 0 saturated carbocycles. The Bertz CT molecular complexity index is 1150. The van der Waals surface area contributed by atoms with E-state index in [0.29, 0.717) is 24.4 Å². The van der Waals surface area contributed by atoms with Crippen LogP contribution in [0.5, 0.6) is 5.75 Å². The first kappa shape index (κ1) is 29.2. The minimum Gasteiger partial charge on any atom is -0.497 e. The lowest BCUT2D eigenvalue weighted by molar-refractivity contribution is -0.140. The lowest BCUT2D eigenvalue weighted by atomic mass is 10.1. The molecular weight excluding hydrogens is 478 g/mol. The molecule has 0 heterocycles. The van der Waals surface area contributed by atoms with Crippen LogP contribution in [-0.2, 0) is 26.2 Å². The molecule has 0 aliphatic rings. The number of nitrogens with one attached hydrogen (secondary N) is 1. The average molecular weight is 518 g/mol. The van der Waals surface area contributed by atoms with Crippen LogP contribution in [0.25, 0.3) is 0 Å². The van der Waals surface area contributed by atoms with Gasteiger partial charge in [0.2, 0.25) is 21.8 Å². The van der Waals surface area contributed by atoms with Crippen LogP contribution in [0.4, 0.5) is 5.69 Å². The number of sulfonamides is 1. The minimum atomic E-state index is -3.77. The molecule has 0 aliphatic carbocycles. The summed E-state index contributed by atoms with van der Waals surface area (Å²) >= 11 is 0. The molecule has 2 aromatic carbocycles. The first-order chi connectivity index (χ1) is 16.9. The number of hydrogen-bond donors (Lipinski definition) is 1. The molecule has 0 aliphatic heterocycles. The number of anilines is 1. The van der Waals surface area contributed by atoms with E-state index in [2.05, 4.69) is 5.32 Å². The summed E-state index contributed by atoms with van der Waals surface area (Å²) in [5.74, 6) is 0.215. The van der Waals surface area contributed by atoms with Gasteiger partial charge in [-0.3, -0.25) is 13.9 Å². The highest BCUT2D eigenvalue weighted by Crippen LogP contribution is 2.24. The zero-order valence-corrected chi connectivity index (χ0v) is 23.2. The van der Waals surface area contributed by atoms with Crippen LogP contribution < -0.4 is 14.4 Å². The first-order valence-corrected chi connectivity index (χ1v) is 14.0. The van der Waals surface area contributed by atoms with Gasteiger partial charge in [-0.25, -0.2) is 8.42 Å². The van der Waals surface area contributed by atoms with Crippen molar-refractivity contribution in [1.29, 1.82) is 0 Å². The Morgan fingerprint density at radius 3 is 2.19 bits per heavy atom. The molecule has 1 N–H and O–H groups in total. The molecule has 0 bridgehead atoms. The normalized spacial score (nSPS) is 12.2. The third-order valence-electron chi connectivity index (χ3n) is 5.88. The zero-order chi connectivity index (χ0) is 27.0. The van der Waals surface area contributed by atoms with Crippen LogP contribution in [0.3, 0.4) is 0 Å². The van der Waals surface area contributed by atoms with Gasteiger partial charge in [0.25, 0.3) is 0 Å². The first-order valence-electron chi connectivity index (χ1n) is 12.1. The molecule has 2 aromatic rings. The molecule has 2 amide bonds. The highest BCUT2D eigenvalue weighted by atomic mass is 32.2. The number of ether oxygens (including phenoxy) is 1. The summed E-state index contributed by atoms with van der Waals surface area (Å²) in [5.41, 5.74) is 2.98. The fraction of sp³-hybridized carbons (Fsp3) is 0.481. The van der Waals surface area contributed by atoms with E-state index in [-0.39, 0.29) is 18.4 Å². The number of hydrogen-bond acceptors (Lipinski definition) is 5. The topological polar surface area (TPSA) is 96.0 Å². The number of methoxy groups -OCH3 is 1. The van der Waals surface area contributed by atoms with Crippen LogP contribution in [-0.4, -0.2) is 57.6 Å². The van der Waals surface area contributed by atoms with E-state index in [1.165, 1.54) is 4.90 Å². The number of amides is 2. The fourth-order valence-corrected chi connectivity index (χ4v) is 4.86. The number of rotatable bonds is 12. The summed E-state index contributed by atoms with van der Waals surface area (Å²) in [4.78, 5) is 28.3. The van der Waals surface area contributed by atoms with Gasteiger partial charge in [0.15, 0.2) is 0 Å². The largest absolute Gasteiger partial charge is 0.497 e. The van der Waals surface area contributed by atoms with E-state index in [4.69, 9.17) is 4.74 Å². The summed E-state index contributed by atoms with van der Waals surface area (Å²) in [6.07, 6.45) is 1.47. The lowest BCUT2D eigenvalue weighted by Crippen LogP contribution is -2.52. The summed E-state index contributed by atoms with van der Waals surface area (Å²) < 4.78 is 31.9. The van der Waals surface area contributed by atoms with Crippen molar-refractivity contribution in [2.75, 3.05) is 30.8 Å². The maximum atomic E-state index is 13.7. The molecular formula is C27H39N3O5S. The average Bonchev–Trinajstić information content (AvgIpc) is 2.81. The Kier molecular flexibility index (Phi) is 10.3. The molecule has 8 nitrogen and oxygen atoms in total. The van der Waals surface area contributed by atoms with Crippen LogP contribution >= 0.6 is 0 Å². The predicted octanol–water partition coefficient (Wildman–Crippen LogP) is 3.66. The number of nitrogens with zero attached hydrogens (tertiary/aromatic N) is 2. The Morgan fingerprint density at radius 1 is 1.06 bits per heavy atom. The third kappa shape index (κ3) is 7.98. The van der Waals surface area contributed by atoms with Gasteiger partial charge in [0, 0.05) is 13.1 Å². The van der Waals surface area contributed by atoms with Crippen LogP contribution in [0.1, 0.15) is 43.9 Å². The number of carbonyl (C=O) groups excluding carboxylic acids is 2. The molecule has 0 fully saturated rings. The summed E-state index contributed by atoms with van der Waals surface area (Å²) in [5, 5.41) is 2.92. The highest BCUT2D eigenvalue weighted by Gasteiger charge is 2.32. The van der Waals surface area contributed by atoms with Gasteiger partial charge in [-0.15, -0.1) is 0 Å². The van der Waals surface area contributed by atoms with E-state index in [0.717, 1.165) is 27.3 Å². The fourth-order valence-electron chi connectivity index (χ4n) is 3.95. The van der Waals surface area contributed by atoms with E-state index >= 15 is 0 Å². The molecule has 36 heavy (non-hydrogen) atoms. The number of carbonyl (C=O) groups is 2. The van der Waals surface area contributed by atoms with E-state index in [9.17, 15) is 18.0 Å². The number of benzene rings is 2. The minimum absolute atomic E-state index is 0.154. The molecule has 0 aromatic heterocycles.